The zero-order valence-corrected chi connectivity index (χ0v) is 35.7. The van der Waals surface area contributed by atoms with Crippen LogP contribution in [-0.2, 0) is 6.42 Å². The molecule has 1 aliphatic carbocycles. The van der Waals surface area contributed by atoms with Gasteiger partial charge in [0.05, 0.1) is 32.1 Å². The summed E-state index contributed by atoms with van der Waals surface area (Å²) < 4.78 is 16.1. The van der Waals surface area contributed by atoms with Gasteiger partial charge in [-0.2, -0.15) is 0 Å². The number of para-hydroxylation sites is 5. The number of hydrogen-bond acceptors (Lipinski definition) is 5. The molecule has 300 valence electrons. The molecule has 0 amide bonds. The fourth-order valence-corrected chi connectivity index (χ4v) is 11.6. The van der Waals surface area contributed by atoms with Crippen molar-refractivity contribution >= 4 is 126 Å². The molecule has 13 rings (SSSR count). The molecular formula is C58H40N2O2S. The Bertz CT molecular complexity index is 3870. The lowest BCUT2D eigenvalue weighted by Crippen LogP contribution is -2.12. The highest BCUT2D eigenvalue weighted by Crippen LogP contribution is 2.55. The maximum Gasteiger partial charge on any atom is 0.159 e. The lowest BCUT2D eigenvalue weighted by molar-refractivity contribution is 0.596. The Hall–Kier alpha value is -7.60. The highest BCUT2D eigenvalue weighted by molar-refractivity contribution is 7.27. The van der Waals surface area contributed by atoms with Gasteiger partial charge in [0.15, 0.2) is 11.2 Å². The van der Waals surface area contributed by atoms with Crippen molar-refractivity contribution in [3.05, 3.63) is 198 Å². The second-order valence-electron chi connectivity index (χ2n) is 16.8. The predicted molar refractivity (Wildman–Crippen MR) is 268 cm³/mol. The van der Waals surface area contributed by atoms with Crippen LogP contribution in [0.15, 0.2) is 185 Å². The summed E-state index contributed by atoms with van der Waals surface area (Å²) >= 11 is 1.88. The van der Waals surface area contributed by atoms with Gasteiger partial charge in [-0.25, -0.2) is 0 Å². The monoisotopic (exact) mass is 828 g/mol. The largest absolute Gasteiger partial charge is 0.454 e. The van der Waals surface area contributed by atoms with Crippen molar-refractivity contribution < 1.29 is 8.83 Å². The molecule has 0 aliphatic heterocycles. The van der Waals surface area contributed by atoms with Crippen molar-refractivity contribution in [1.29, 1.82) is 0 Å². The van der Waals surface area contributed by atoms with Crippen LogP contribution in [0.3, 0.4) is 0 Å². The maximum absolute atomic E-state index is 6.88. The molecule has 0 saturated carbocycles. The number of furan rings is 2. The smallest absolute Gasteiger partial charge is 0.159 e. The number of benzene rings is 9. The summed E-state index contributed by atoms with van der Waals surface area (Å²) in [4.78, 5) is 4.92. The minimum atomic E-state index is 0.866. The van der Waals surface area contributed by atoms with Crippen LogP contribution in [0.1, 0.15) is 28.9 Å². The number of allylic oxidation sites excluding steroid dienone is 1. The van der Waals surface area contributed by atoms with Gasteiger partial charge in [-0.15, -0.1) is 11.3 Å². The number of thiophene rings is 1. The van der Waals surface area contributed by atoms with E-state index >= 15 is 0 Å². The second-order valence-corrected chi connectivity index (χ2v) is 17.8. The Kier molecular flexibility index (Phi) is 8.00. The van der Waals surface area contributed by atoms with E-state index in [4.69, 9.17) is 8.83 Å². The van der Waals surface area contributed by atoms with Crippen LogP contribution < -0.4 is 9.80 Å². The highest BCUT2D eigenvalue weighted by atomic mass is 32.1. The van der Waals surface area contributed by atoms with Gasteiger partial charge in [-0.1, -0.05) is 133 Å². The first-order valence-electron chi connectivity index (χ1n) is 21.7. The molecule has 9 aromatic carbocycles. The summed E-state index contributed by atoms with van der Waals surface area (Å²) in [7, 11) is 0. The highest BCUT2D eigenvalue weighted by Gasteiger charge is 2.29. The molecule has 0 N–H and O–H groups in total. The van der Waals surface area contributed by atoms with Crippen molar-refractivity contribution in [1.82, 2.24) is 0 Å². The van der Waals surface area contributed by atoms with Crippen molar-refractivity contribution in [3.8, 4) is 0 Å². The molecule has 1 aliphatic rings. The summed E-state index contributed by atoms with van der Waals surface area (Å²) in [5, 5.41) is 10.7. The first-order valence-corrected chi connectivity index (χ1v) is 22.5. The van der Waals surface area contributed by atoms with Crippen LogP contribution in [0.25, 0.3) is 80.7 Å². The molecule has 0 fully saturated rings. The maximum atomic E-state index is 6.88. The Labute approximate surface area is 368 Å². The van der Waals surface area contributed by atoms with E-state index in [1.54, 1.807) is 0 Å². The second kappa shape index (κ2) is 14.0. The number of rotatable bonds is 6. The normalized spacial score (nSPS) is 12.7. The van der Waals surface area contributed by atoms with Crippen LogP contribution in [-0.4, -0.2) is 0 Å². The van der Waals surface area contributed by atoms with Crippen molar-refractivity contribution in [2.45, 2.75) is 26.7 Å². The number of hydrogen-bond donors (Lipinski definition) is 0. The molecule has 0 bridgehead atoms. The summed E-state index contributed by atoms with van der Waals surface area (Å²) in [6.45, 7) is 4.42. The molecule has 0 saturated heterocycles. The van der Waals surface area contributed by atoms with Crippen molar-refractivity contribution in [3.63, 3.8) is 0 Å². The van der Waals surface area contributed by atoms with E-state index in [1.165, 1.54) is 63.8 Å². The molecule has 63 heavy (non-hydrogen) atoms. The lowest BCUT2D eigenvalue weighted by atomic mass is 9.96. The minimum absolute atomic E-state index is 0.866. The number of aryl methyl sites for hydroxylation is 3. The third-order valence-corrected chi connectivity index (χ3v) is 14.4. The lowest BCUT2D eigenvalue weighted by Gasteiger charge is -2.28. The van der Waals surface area contributed by atoms with Crippen LogP contribution in [0.2, 0.25) is 0 Å². The molecule has 0 unspecified atom stereocenters. The number of fused-ring (bicyclic) bond motifs is 13. The van der Waals surface area contributed by atoms with E-state index in [0.29, 0.717) is 0 Å². The van der Waals surface area contributed by atoms with E-state index in [9.17, 15) is 0 Å². The molecule has 5 heteroatoms. The first-order chi connectivity index (χ1) is 31.1. The van der Waals surface area contributed by atoms with Crippen LogP contribution in [0, 0.1) is 13.8 Å². The van der Waals surface area contributed by atoms with E-state index in [1.807, 2.05) is 17.4 Å². The Morgan fingerprint density at radius 3 is 1.56 bits per heavy atom. The predicted octanol–water partition coefficient (Wildman–Crippen LogP) is 17.5. The van der Waals surface area contributed by atoms with E-state index < -0.39 is 0 Å². The van der Waals surface area contributed by atoms with Gasteiger partial charge < -0.3 is 18.6 Å². The molecular weight excluding hydrogens is 789 g/mol. The average molecular weight is 829 g/mol. The summed E-state index contributed by atoms with van der Waals surface area (Å²) in [6.07, 6.45) is 6.36. The SMILES string of the molecule is Cc1ccccc1N(c1cccc2c3c(oc12)C=CCC3)c1cc2ccccc2c2c1sc1c(N(c3ccccc3C)c3cccc4c3oc3ccccc34)cc3ccccc3c12. The standard InChI is InChI=1S/C58H40N2O2S/c1-35-17-3-11-27-45(35)59(47-29-15-25-43-41-23-9-13-31-51(41)61-55(43)47)49-33-37-19-5-7-21-39(37)53-54-40-22-8-6-20-38(40)34-50(58(54)63-57(49)53)60(46-28-12-4-18-36(46)2)48-30-16-26-44-42-24-10-14-32-52(42)62-56(44)48/h3-9,11-23,25-34H,10,24H2,1-2H3. The van der Waals surface area contributed by atoms with Crippen LogP contribution >= 0.6 is 11.3 Å². The van der Waals surface area contributed by atoms with E-state index in [-0.39, 0.29) is 0 Å². The Morgan fingerprint density at radius 2 is 0.937 bits per heavy atom. The average Bonchev–Trinajstić information content (AvgIpc) is 4.04. The first kappa shape index (κ1) is 36.1. The third-order valence-electron chi connectivity index (χ3n) is 13.1. The quantitative estimate of drug-likeness (QED) is 0.167. The molecule has 4 nitrogen and oxygen atoms in total. The Balaban J connectivity index is 1.19. The zero-order chi connectivity index (χ0) is 41.8. The van der Waals surface area contributed by atoms with Gasteiger partial charge in [0.25, 0.3) is 0 Å². The van der Waals surface area contributed by atoms with Gasteiger partial charge in [0.1, 0.15) is 11.3 Å². The summed E-state index contributed by atoms with van der Waals surface area (Å²) in [5.41, 5.74) is 12.8. The third kappa shape index (κ3) is 5.39. The van der Waals surface area contributed by atoms with Gasteiger partial charge >= 0.3 is 0 Å². The fourth-order valence-electron chi connectivity index (χ4n) is 10.2. The van der Waals surface area contributed by atoms with Crippen LogP contribution in [0.5, 0.6) is 0 Å². The molecule has 0 spiro atoms. The van der Waals surface area contributed by atoms with Gasteiger partial charge in [0.2, 0.25) is 0 Å². The summed E-state index contributed by atoms with van der Waals surface area (Å²) in [5.74, 6) is 0.964. The van der Waals surface area contributed by atoms with Gasteiger partial charge in [-0.3, -0.25) is 0 Å². The van der Waals surface area contributed by atoms with Gasteiger partial charge in [0, 0.05) is 43.9 Å². The fraction of sp³-hybridized carbons (Fsp3) is 0.0690. The van der Waals surface area contributed by atoms with E-state index in [0.717, 1.165) is 80.2 Å². The van der Waals surface area contributed by atoms with Gasteiger partial charge in [-0.05, 0) is 108 Å². The summed E-state index contributed by atoms with van der Waals surface area (Å²) in [6, 6.07) is 61.7. The molecule has 0 atom stereocenters. The van der Waals surface area contributed by atoms with Crippen molar-refractivity contribution in [2.75, 3.05) is 9.80 Å². The molecule has 0 radical (unpaired) electrons. The molecule has 12 aromatic rings. The minimum Gasteiger partial charge on any atom is -0.454 e. The molecule has 3 heterocycles. The van der Waals surface area contributed by atoms with E-state index in [2.05, 4.69) is 200 Å². The van der Waals surface area contributed by atoms with Crippen LogP contribution in [0.4, 0.5) is 34.1 Å². The zero-order valence-electron chi connectivity index (χ0n) is 34.9. The number of nitrogens with zero attached hydrogens (tertiary/aromatic N) is 2. The Morgan fingerprint density at radius 1 is 0.444 bits per heavy atom. The van der Waals surface area contributed by atoms with Crippen molar-refractivity contribution in [2.24, 2.45) is 0 Å². The topological polar surface area (TPSA) is 32.8 Å². The molecule has 3 aromatic heterocycles. The number of anilines is 6.